The summed E-state index contributed by atoms with van der Waals surface area (Å²) in [5.74, 6) is 0. The molecule has 1 aliphatic rings. The number of nitrogens with two attached hydrogens (primary N) is 1. The number of sulfonamides is 1. The molecule has 0 unspecified atom stereocenters. The second-order valence-corrected chi connectivity index (χ2v) is 5.93. The number of nitriles is 1. The molecular weight excluding hydrogens is 238 g/mol. The standard InChI is InChI=1S/C11H13N3O2S/c12-7-9-3-1-2-4-11(9)17(15,16)14-6-5-10(13)8-14/h1-4,10H,5-6,8,13H2/t10-/m1/s1. The Bertz CT molecular complexity index is 562. The summed E-state index contributed by atoms with van der Waals surface area (Å²) in [6.45, 7) is 0.741. The van der Waals surface area contributed by atoms with Gasteiger partial charge in [0, 0.05) is 19.1 Å². The van der Waals surface area contributed by atoms with Crippen molar-refractivity contribution in [3.8, 4) is 6.07 Å². The lowest BCUT2D eigenvalue weighted by molar-refractivity contribution is 0.472. The molecule has 2 N–H and O–H groups in total. The van der Waals surface area contributed by atoms with Gasteiger partial charge in [0.05, 0.1) is 10.5 Å². The fourth-order valence-corrected chi connectivity index (χ4v) is 3.55. The van der Waals surface area contributed by atoms with Crippen LogP contribution in [0.3, 0.4) is 0 Å². The number of hydrogen-bond donors (Lipinski definition) is 1. The van der Waals surface area contributed by atoms with E-state index in [1.54, 1.807) is 12.1 Å². The van der Waals surface area contributed by atoms with Crippen LogP contribution in [0.4, 0.5) is 0 Å². The Morgan fingerprint density at radius 3 is 2.71 bits per heavy atom. The first-order valence-corrected chi connectivity index (χ1v) is 6.74. The van der Waals surface area contributed by atoms with E-state index in [9.17, 15) is 8.42 Å². The third kappa shape index (κ3) is 2.17. The maximum Gasteiger partial charge on any atom is 0.244 e. The highest BCUT2D eigenvalue weighted by Gasteiger charge is 2.32. The topological polar surface area (TPSA) is 87.2 Å². The summed E-state index contributed by atoms with van der Waals surface area (Å²) in [5.41, 5.74) is 5.87. The van der Waals surface area contributed by atoms with Gasteiger partial charge in [-0.25, -0.2) is 8.42 Å². The third-order valence-electron chi connectivity index (χ3n) is 2.81. The van der Waals surface area contributed by atoms with Crippen LogP contribution in [-0.2, 0) is 10.0 Å². The van der Waals surface area contributed by atoms with Crippen molar-refractivity contribution in [2.24, 2.45) is 5.73 Å². The Hall–Kier alpha value is -1.42. The average Bonchev–Trinajstić information content (AvgIpc) is 2.76. The lowest BCUT2D eigenvalue weighted by atomic mass is 10.2. The van der Waals surface area contributed by atoms with Gasteiger partial charge >= 0.3 is 0 Å². The van der Waals surface area contributed by atoms with E-state index in [0.29, 0.717) is 19.5 Å². The van der Waals surface area contributed by atoms with E-state index in [4.69, 9.17) is 11.0 Å². The zero-order chi connectivity index (χ0) is 12.5. The molecule has 0 aromatic heterocycles. The van der Waals surface area contributed by atoms with E-state index in [2.05, 4.69) is 0 Å². The second-order valence-electron chi connectivity index (χ2n) is 4.02. The molecule has 0 spiro atoms. The quantitative estimate of drug-likeness (QED) is 0.817. The highest BCUT2D eigenvalue weighted by Crippen LogP contribution is 2.22. The largest absolute Gasteiger partial charge is 0.326 e. The normalized spacial score (nSPS) is 21.3. The summed E-state index contributed by atoms with van der Waals surface area (Å²) < 4.78 is 25.9. The Kier molecular flexibility index (Phi) is 3.15. The van der Waals surface area contributed by atoms with Crippen LogP contribution in [0.15, 0.2) is 29.2 Å². The van der Waals surface area contributed by atoms with E-state index in [1.807, 2.05) is 6.07 Å². The molecule has 17 heavy (non-hydrogen) atoms. The van der Waals surface area contributed by atoms with Gasteiger partial charge in [0.15, 0.2) is 0 Å². The number of benzene rings is 1. The van der Waals surface area contributed by atoms with Crippen molar-refractivity contribution in [1.82, 2.24) is 4.31 Å². The van der Waals surface area contributed by atoms with Gasteiger partial charge in [-0.3, -0.25) is 0 Å². The van der Waals surface area contributed by atoms with Crippen molar-refractivity contribution in [3.05, 3.63) is 29.8 Å². The summed E-state index contributed by atoms with van der Waals surface area (Å²) in [6, 6.07) is 8.01. The fraction of sp³-hybridized carbons (Fsp3) is 0.364. The van der Waals surface area contributed by atoms with Gasteiger partial charge < -0.3 is 5.73 Å². The summed E-state index contributed by atoms with van der Waals surface area (Å²) in [6.07, 6.45) is 0.661. The summed E-state index contributed by atoms with van der Waals surface area (Å²) in [5, 5.41) is 8.92. The summed E-state index contributed by atoms with van der Waals surface area (Å²) in [4.78, 5) is 0.0663. The molecule has 1 saturated heterocycles. The monoisotopic (exact) mass is 251 g/mol. The smallest absolute Gasteiger partial charge is 0.244 e. The lowest BCUT2D eigenvalue weighted by Gasteiger charge is -2.16. The molecular formula is C11H13N3O2S. The highest BCUT2D eigenvalue weighted by atomic mass is 32.2. The first-order chi connectivity index (χ1) is 8.05. The minimum absolute atomic E-state index is 0.0663. The summed E-state index contributed by atoms with van der Waals surface area (Å²) in [7, 11) is -3.58. The maximum absolute atomic E-state index is 12.3. The van der Waals surface area contributed by atoms with E-state index < -0.39 is 10.0 Å². The second kappa shape index (κ2) is 4.45. The van der Waals surface area contributed by atoms with Crippen molar-refractivity contribution in [2.45, 2.75) is 17.4 Å². The molecule has 5 nitrogen and oxygen atoms in total. The van der Waals surface area contributed by atoms with Gasteiger partial charge in [0.1, 0.15) is 6.07 Å². The molecule has 1 aromatic rings. The molecule has 1 heterocycles. The van der Waals surface area contributed by atoms with E-state index in [1.165, 1.54) is 16.4 Å². The molecule has 0 radical (unpaired) electrons. The molecule has 1 atom stereocenters. The SMILES string of the molecule is N#Cc1ccccc1S(=O)(=O)N1CC[C@@H](N)C1. The molecule has 0 aliphatic carbocycles. The highest BCUT2D eigenvalue weighted by molar-refractivity contribution is 7.89. The van der Waals surface area contributed by atoms with Crippen LogP contribution in [0.1, 0.15) is 12.0 Å². The van der Waals surface area contributed by atoms with Crippen molar-refractivity contribution in [1.29, 1.82) is 5.26 Å². The van der Waals surface area contributed by atoms with Gasteiger partial charge in [-0.2, -0.15) is 9.57 Å². The summed E-state index contributed by atoms with van der Waals surface area (Å²) >= 11 is 0. The van der Waals surface area contributed by atoms with Crippen molar-refractivity contribution < 1.29 is 8.42 Å². The van der Waals surface area contributed by atoms with E-state index >= 15 is 0 Å². The van der Waals surface area contributed by atoms with Crippen LogP contribution in [-0.4, -0.2) is 31.9 Å². The number of rotatable bonds is 2. The minimum atomic E-state index is -3.58. The van der Waals surface area contributed by atoms with E-state index in [-0.39, 0.29) is 16.5 Å². The molecule has 2 rings (SSSR count). The lowest BCUT2D eigenvalue weighted by Crippen LogP contribution is -2.32. The molecule has 0 amide bonds. The molecule has 0 saturated carbocycles. The van der Waals surface area contributed by atoms with Crippen LogP contribution < -0.4 is 5.73 Å². The average molecular weight is 251 g/mol. The predicted molar refractivity (Wildman–Crippen MR) is 62.5 cm³/mol. The number of hydrogen-bond acceptors (Lipinski definition) is 4. The maximum atomic E-state index is 12.3. The van der Waals surface area contributed by atoms with Gasteiger partial charge in [0.2, 0.25) is 10.0 Å². The van der Waals surface area contributed by atoms with Gasteiger partial charge in [0.25, 0.3) is 0 Å². The molecule has 90 valence electrons. The third-order valence-corrected chi connectivity index (χ3v) is 4.74. The molecule has 6 heteroatoms. The van der Waals surface area contributed by atoms with Crippen LogP contribution in [0.2, 0.25) is 0 Å². The van der Waals surface area contributed by atoms with Crippen LogP contribution in [0, 0.1) is 11.3 Å². The Labute approximate surface area is 101 Å². The van der Waals surface area contributed by atoms with Gasteiger partial charge in [-0.05, 0) is 18.6 Å². The van der Waals surface area contributed by atoms with Crippen molar-refractivity contribution in [3.63, 3.8) is 0 Å². The van der Waals surface area contributed by atoms with Crippen molar-refractivity contribution in [2.75, 3.05) is 13.1 Å². The Morgan fingerprint density at radius 1 is 1.41 bits per heavy atom. The first-order valence-electron chi connectivity index (χ1n) is 5.30. The predicted octanol–water partition coefficient (Wildman–Crippen LogP) is 0.280. The van der Waals surface area contributed by atoms with Crippen LogP contribution >= 0.6 is 0 Å². The Balaban J connectivity index is 2.42. The first kappa shape index (κ1) is 12.0. The molecule has 1 fully saturated rings. The fourth-order valence-electron chi connectivity index (χ4n) is 1.90. The number of nitrogens with zero attached hydrogens (tertiary/aromatic N) is 2. The van der Waals surface area contributed by atoms with Crippen LogP contribution in [0.25, 0.3) is 0 Å². The van der Waals surface area contributed by atoms with Crippen LogP contribution in [0.5, 0.6) is 0 Å². The van der Waals surface area contributed by atoms with Gasteiger partial charge in [-0.1, -0.05) is 12.1 Å². The minimum Gasteiger partial charge on any atom is -0.326 e. The Morgan fingerprint density at radius 2 is 2.12 bits per heavy atom. The zero-order valence-electron chi connectivity index (χ0n) is 9.20. The molecule has 0 bridgehead atoms. The zero-order valence-corrected chi connectivity index (χ0v) is 10.0. The van der Waals surface area contributed by atoms with Crippen molar-refractivity contribution >= 4 is 10.0 Å². The van der Waals surface area contributed by atoms with E-state index in [0.717, 1.165) is 0 Å². The van der Waals surface area contributed by atoms with Gasteiger partial charge in [-0.15, -0.1) is 0 Å². The molecule has 1 aromatic carbocycles. The molecule has 1 aliphatic heterocycles.